The van der Waals surface area contributed by atoms with Crippen molar-refractivity contribution in [1.82, 2.24) is 0 Å². The average molecular weight is 334 g/mol. The predicted octanol–water partition coefficient (Wildman–Crippen LogP) is 3.72. The molecule has 0 aliphatic heterocycles. The van der Waals surface area contributed by atoms with Crippen molar-refractivity contribution in [2.45, 2.75) is 0 Å². The van der Waals surface area contributed by atoms with E-state index in [9.17, 15) is 9.18 Å². The Labute approximate surface area is 123 Å². The molecule has 0 heterocycles. The molecule has 3 nitrogen and oxygen atoms in total. The highest BCUT2D eigenvalue weighted by atomic mass is 79.9. The van der Waals surface area contributed by atoms with Crippen molar-refractivity contribution in [3.05, 3.63) is 63.9 Å². The molecule has 20 heavy (non-hydrogen) atoms. The Morgan fingerprint density at radius 1 is 1.30 bits per heavy atom. The molecule has 0 unspecified atom stereocenters. The number of ether oxygens (including phenoxy) is 1. The number of carbonyl (C=O) groups excluding carboxylic acids is 1. The lowest BCUT2D eigenvalue weighted by Crippen LogP contribution is -2.12. The minimum absolute atomic E-state index is 0.0607. The third kappa shape index (κ3) is 3.22. The highest BCUT2D eigenvalue weighted by Crippen LogP contribution is 2.19. The van der Waals surface area contributed by atoms with Gasteiger partial charge in [-0.15, -0.1) is 0 Å². The second-order valence-corrected chi connectivity index (χ2v) is 4.80. The number of nitriles is 1. The average Bonchev–Trinajstić information content (AvgIpc) is 2.45. The number of halogens is 2. The first kappa shape index (κ1) is 14.2. The molecule has 0 aromatic heterocycles. The summed E-state index contributed by atoms with van der Waals surface area (Å²) in [5, 5.41) is 8.62. The van der Waals surface area contributed by atoms with E-state index in [4.69, 9.17) is 10.00 Å². The molecule has 2 rings (SSSR count). The Morgan fingerprint density at radius 2 is 2.05 bits per heavy atom. The maximum absolute atomic E-state index is 13.4. The molecule has 0 fully saturated rings. The number of benzene rings is 2. The predicted molar refractivity (Wildman–Crippen MR) is 75.1 cm³/mol. The second-order valence-electron chi connectivity index (χ2n) is 3.95. The van der Waals surface area contributed by atoms with Gasteiger partial charge in [0.1, 0.15) is 17.6 Å². The lowest BCUT2D eigenvalue weighted by Gasteiger charge is -2.07. The van der Waals surface area contributed by atoms with Crippen molar-refractivity contribution >= 4 is 21.7 Å². The van der Waals surface area contributed by atoms with Crippen molar-refractivity contribution in [3.8, 4) is 11.8 Å². The van der Waals surface area contributed by atoms with E-state index in [1.54, 1.807) is 30.3 Å². The number of ketones is 1. The van der Waals surface area contributed by atoms with E-state index in [0.29, 0.717) is 10.0 Å². The van der Waals surface area contributed by atoms with Crippen LogP contribution in [0.4, 0.5) is 4.39 Å². The number of nitrogens with zero attached hydrogens (tertiary/aromatic N) is 1. The standard InChI is InChI=1S/C15H9BrFNO2/c16-13-4-2-1-3-12(13)15(19)9-20-11-6-5-10(8-18)14(17)7-11/h1-7H,9H2. The molecule has 0 radical (unpaired) electrons. The van der Waals surface area contributed by atoms with Crippen molar-refractivity contribution in [2.24, 2.45) is 0 Å². The van der Waals surface area contributed by atoms with Gasteiger partial charge in [0.2, 0.25) is 5.78 Å². The molecular formula is C15H9BrFNO2. The van der Waals surface area contributed by atoms with Gasteiger partial charge in [0.25, 0.3) is 0 Å². The molecule has 2 aromatic rings. The van der Waals surface area contributed by atoms with Gasteiger partial charge in [-0.3, -0.25) is 4.79 Å². The minimum atomic E-state index is -0.668. The van der Waals surface area contributed by atoms with Gasteiger partial charge in [-0.05, 0) is 18.2 Å². The van der Waals surface area contributed by atoms with E-state index in [1.807, 2.05) is 0 Å². The number of rotatable bonds is 4. The summed E-state index contributed by atoms with van der Waals surface area (Å²) in [6.45, 7) is -0.200. The van der Waals surface area contributed by atoms with Crippen LogP contribution in [0.1, 0.15) is 15.9 Å². The Kier molecular flexibility index (Phi) is 4.49. The fourth-order valence-corrected chi connectivity index (χ4v) is 2.10. The van der Waals surface area contributed by atoms with Crippen LogP contribution in [0.3, 0.4) is 0 Å². The van der Waals surface area contributed by atoms with E-state index in [1.165, 1.54) is 12.1 Å². The number of hydrogen-bond acceptors (Lipinski definition) is 3. The Morgan fingerprint density at radius 3 is 2.70 bits per heavy atom. The Bertz CT molecular complexity index is 695. The van der Waals surface area contributed by atoms with Crippen molar-refractivity contribution < 1.29 is 13.9 Å². The summed E-state index contributed by atoms with van der Waals surface area (Å²) >= 11 is 3.28. The quantitative estimate of drug-likeness (QED) is 0.801. The molecule has 0 atom stereocenters. The molecule has 0 bridgehead atoms. The maximum Gasteiger partial charge on any atom is 0.201 e. The molecule has 0 saturated heterocycles. The molecule has 100 valence electrons. The van der Waals surface area contributed by atoms with Gasteiger partial charge in [-0.2, -0.15) is 5.26 Å². The fourth-order valence-electron chi connectivity index (χ4n) is 1.59. The molecule has 0 spiro atoms. The molecule has 0 amide bonds. The molecule has 5 heteroatoms. The molecule has 0 saturated carbocycles. The molecule has 2 aromatic carbocycles. The maximum atomic E-state index is 13.4. The molecule has 0 N–H and O–H groups in total. The van der Waals surface area contributed by atoms with E-state index >= 15 is 0 Å². The van der Waals surface area contributed by atoms with Crippen LogP contribution in [0.25, 0.3) is 0 Å². The summed E-state index contributed by atoms with van der Waals surface area (Å²) in [6, 6.07) is 12.6. The van der Waals surface area contributed by atoms with E-state index in [2.05, 4.69) is 15.9 Å². The SMILES string of the molecule is N#Cc1ccc(OCC(=O)c2ccccc2Br)cc1F. The van der Waals surface area contributed by atoms with Crippen LogP contribution in [0.5, 0.6) is 5.75 Å². The number of hydrogen-bond donors (Lipinski definition) is 0. The van der Waals surface area contributed by atoms with Crippen molar-refractivity contribution in [2.75, 3.05) is 6.61 Å². The summed E-state index contributed by atoms with van der Waals surface area (Å²) in [5.41, 5.74) is 0.441. The molecular weight excluding hydrogens is 325 g/mol. The van der Waals surface area contributed by atoms with Gasteiger partial charge in [0.05, 0.1) is 5.56 Å². The van der Waals surface area contributed by atoms with Crippen LogP contribution in [0.15, 0.2) is 46.9 Å². The molecule has 0 aliphatic carbocycles. The van der Waals surface area contributed by atoms with E-state index in [-0.39, 0.29) is 23.7 Å². The highest BCUT2D eigenvalue weighted by molar-refractivity contribution is 9.10. The summed E-state index contributed by atoms with van der Waals surface area (Å²) < 4.78 is 19.3. The second kappa shape index (κ2) is 6.31. The number of Topliss-reactive ketones (excluding diaryl/α,β-unsaturated/α-hetero) is 1. The zero-order chi connectivity index (χ0) is 14.5. The third-order valence-corrected chi connectivity index (χ3v) is 3.30. The number of carbonyl (C=O) groups is 1. The third-order valence-electron chi connectivity index (χ3n) is 2.61. The monoisotopic (exact) mass is 333 g/mol. The first-order valence-corrected chi connectivity index (χ1v) is 6.51. The topological polar surface area (TPSA) is 50.1 Å². The Hall–Kier alpha value is -2.19. The lowest BCUT2D eigenvalue weighted by molar-refractivity contribution is 0.0920. The van der Waals surface area contributed by atoms with Crippen LogP contribution in [0.2, 0.25) is 0 Å². The first-order valence-electron chi connectivity index (χ1n) is 5.72. The van der Waals surface area contributed by atoms with Crippen LogP contribution in [-0.4, -0.2) is 12.4 Å². The summed E-state index contributed by atoms with van der Waals surface area (Å²) in [4.78, 5) is 11.9. The first-order chi connectivity index (χ1) is 9.61. The van der Waals surface area contributed by atoms with Gasteiger partial charge in [0, 0.05) is 16.1 Å². The fraction of sp³-hybridized carbons (Fsp3) is 0.0667. The zero-order valence-corrected chi connectivity index (χ0v) is 11.9. The van der Waals surface area contributed by atoms with Crippen LogP contribution in [-0.2, 0) is 0 Å². The van der Waals surface area contributed by atoms with Crippen LogP contribution >= 0.6 is 15.9 Å². The van der Waals surface area contributed by atoms with E-state index < -0.39 is 5.82 Å². The normalized spacial score (nSPS) is 9.85. The smallest absolute Gasteiger partial charge is 0.201 e. The molecule has 0 aliphatic rings. The zero-order valence-electron chi connectivity index (χ0n) is 10.3. The minimum Gasteiger partial charge on any atom is -0.485 e. The summed E-state index contributed by atoms with van der Waals surface area (Å²) in [7, 11) is 0. The highest BCUT2D eigenvalue weighted by Gasteiger charge is 2.11. The Balaban J connectivity index is 2.06. The van der Waals surface area contributed by atoms with E-state index in [0.717, 1.165) is 6.07 Å². The van der Waals surface area contributed by atoms with Crippen LogP contribution < -0.4 is 4.74 Å². The summed E-state index contributed by atoms with van der Waals surface area (Å²) in [5.74, 6) is -0.678. The lowest BCUT2D eigenvalue weighted by atomic mass is 10.1. The van der Waals surface area contributed by atoms with Crippen molar-refractivity contribution in [3.63, 3.8) is 0 Å². The van der Waals surface area contributed by atoms with Crippen LogP contribution in [0, 0.1) is 17.1 Å². The van der Waals surface area contributed by atoms with Gasteiger partial charge in [-0.25, -0.2) is 4.39 Å². The van der Waals surface area contributed by atoms with Gasteiger partial charge < -0.3 is 4.74 Å². The van der Waals surface area contributed by atoms with Gasteiger partial charge in [0.15, 0.2) is 6.61 Å². The van der Waals surface area contributed by atoms with Gasteiger partial charge in [-0.1, -0.05) is 34.1 Å². The largest absolute Gasteiger partial charge is 0.485 e. The van der Waals surface area contributed by atoms with Crippen molar-refractivity contribution in [1.29, 1.82) is 5.26 Å². The summed E-state index contributed by atoms with van der Waals surface area (Å²) in [6.07, 6.45) is 0. The van der Waals surface area contributed by atoms with Gasteiger partial charge >= 0.3 is 0 Å².